The van der Waals surface area contributed by atoms with Crippen molar-refractivity contribution in [1.29, 1.82) is 0 Å². The van der Waals surface area contributed by atoms with Crippen molar-refractivity contribution in [3.05, 3.63) is 105 Å². The summed E-state index contributed by atoms with van der Waals surface area (Å²) in [5.41, 5.74) is 0.203. The van der Waals surface area contributed by atoms with Crippen molar-refractivity contribution < 1.29 is 33.6 Å². The summed E-state index contributed by atoms with van der Waals surface area (Å²) < 4.78 is 13.8. The molecule has 0 spiro atoms. The van der Waals surface area contributed by atoms with Crippen molar-refractivity contribution in [3.63, 3.8) is 0 Å². The average molecular weight is 685 g/mol. The van der Waals surface area contributed by atoms with E-state index in [-0.39, 0.29) is 46.2 Å². The zero-order chi connectivity index (χ0) is 32.9. The smallest absolute Gasteiger partial charge is 0.271 e. The number of rotatable bonds is 4. The van der Waals surface area contributed by atoms with E-state index in [0.717, 1.165) is 28.0 Å². The van der Waals surface area contributed by atoms with Crippen molar-refractivity contribution in [1.82, 2.24) is 0 Å². The summed E-state index contributed by atoms with van der Waals surface area (Å²) in [5, 5.41) is 22.7. The predicted octanol–water partition coefficient (Wildman–Crippen LogP) is 5.86. The maximum Gasteiger partial charge on any atom is 0.271 e. The summed E-state index contributed by atoms with van der Waals surface area (Å²) in [7, 11) is 0. The normalized spacial score (nSPS) is 30.2. The number of hydrogen-bond acceptors (Lipinski definition) is 7. The number of hydrogen-bond donors (Lipinski definition) is 1. The lowest BCUT2D eigenvalue weighted by molar-refractivity contribution is -0.384. The van der Waals surface area contributed by atoms with Gasteiger partial charge in [0.1, 0.15) is 11.6 Å². The minimum Gasteiger partial charge on any atom is -0.508 e. The Morgan fingerprint density at radius 1 is 0.891 bits per heavy atom. The molecule has 0 radical (unpaired) electrons. The Morgan fingerprint density at radius 2 is 1.61 bits per heavy atom. The number of imide groups is 2. The van der Waals surface area contributed by atoms with E-state index in [1.807, 2.05) is 0 Å². The van der Waals surface area contributed by atoms with E-state index in [9.17, 15) is 38.8 Å². The van der Waals surface area contributed by atoms with Crippen LogP contribution < -0.4 is 9.80 Å². The molecule has 3 aromatic rings. The third kappa shape index (κ3) is 4.01. The van der Waals surface area contributed by atoms with E-state index in [0.29, 0.717) is 5.57 Å². The molecule has 14 heteroatoms. The van der Waals surface area contributed by atoms with Gasteiger partial charge >= 0.3 is 0 Å². The first-order valence-corrected chi connectivity index (χ1v) is 15.3. The predicted molar refractivity (Wildman–Crippen MR) is 165 cm³/mol. The van der Waals surface area contributed by atoms with Gasteiger partial charge in [-0.1, -0.05) is 29.3 Å². The molecular formula is C32H21Cl3FN3O7. The summed E-state index contributed by atoms with van der Waals surface area (Å²) in [6.45, 7) is 0. The molecule has 3 fully saturated rings. The molecule has 1 saturated carbocycles. The first kappa shape index (κ1) is 30.3. The Hall–Kier alpha value is -4.32. The highest BCUT2D eigenvalue weighted by molar-refractivity contribution is 6.58. The van der Waals surface area contributed by atoms with Crippen molar-refractivity contribution in [3.8, 4) is 5.75 Å². The zero-order valence-electron chi connectivity index (χ0n) is 23.4. The van der Waals surface area contributed by atoms with Crippen molar-refractivity contribution in [2.75, 3.05) is 9.80 Å². The lowest BCUT2D eigenvalue weighted by atomic mass is 9.56. The van der Waals surface area contributed by atoms with Crippen molar-refractivity contribution in [2.24, 2.45) is 17.8 Å². The molecular weight excluding hydrogens is 664 g/mol. The molecule has 4 amide bonds. The van der Waals surface area contributed by atoms with Crippen LogP contribution in [0.2, 0.25) is 5.02 Å². The van der Waals surface area contributed by atoms with E-state index >= 15 is 0 Å². The van der Waals surface area contributed by atoms with Crippen LogP contribution in [0.3, 0.4) is 0 Å². The molecule has 4 aliphatic rings. The van der Waals surface area contributed by atoms with Crippen LogP contribution in [0.4, 0.5) is 21.5 Å². The van der Waals surface area contributed by atoms with Crippen molar-refractivity contribution >= 4 is 75.5 Å². The Kier molecular flexibility index (Phi) is 6.82. The number of nitrogens with zero attached hydrogens (tertiary/aromatic N) is 3. The lowest BCUT2D eigenvalue weighted by Gasteiger charge is -2.50. The fourth-order valence-corrected chi connectivity index (χ4v) is 8.61. The second kappa shape index (κ2) is 10.3. The van der Waals surface area contributed by atoms with Crippen LogP contribution in [0.25, 0.3) is 0 Å². The number of phenols is 1. The van der Waals surface area contributed by atoms with Gasteiger partial charge in [0, 0.05) is 28.6 Å². The number of nitro benzene ring substituents is 1. The highest BCUT2D eigenvalue weighted by atomic mass is 35.5. The van der Waals surface area contributed by atoms with Crippen LogP contribution >= 0.6 is 34.8 Å². The van der Waals surface area contributed by atoms with E-state index in [1.165, 1.54) is 48.5 Å². The van der Waals surface area contributed by atoms with Gasteiger partial charge in [-0.2, -0.15) is 0 Å². The standard InChI is InChI=1S/C32H21Cl3FN3O7/c33-15-4-11-24(40)22(12-15)26-20-9-10-21-25(28(42)37(27(21)41)18-2-1-3-19(13-18)39(45)46)23(20)14-31(34)29(43)38(30(44)32(26,31)35)17-7-5-16(36)6-8-17/h1-9,11-13,21,23,25-26,40H,10,14H2. The molecule has 0 aromatic heterocycles. The number of benzene rings is 3. The fraction of sp³-hybridized carbons (Fsp3) is 0.250. The highest BCUT2D eigenvalue weighted by Crippen LogP contribution is 2.66. The quantitative estimate of drug-likeness (QED) is 0.119. The summed E-state index contributed by atoms with van der Waals surface area (Å²) in [4.78, 5) is 64.5. The third-order valence-corrected chi connectivity index (χ3v) is 11.1. The monoisotopic (exact) mass is 683 g/mol. The molecule has 1 N–H and O–H groups in total. The molecule has 2 saturated heterocycles. The molecule has 6 unspecified atom stereocenters. The Morgan fingerprint density at radius 3 is 2.30 bits per heavy atom. The van der Waals surface area contributed by atoms with Crippen LogP contribution in [-0.4, -0.2) is 43.4 Å². The Balaban J connectivity index is 1.40. The van der Waals surface area contributed by atoms with Gasteiger partial charge in [0.15, 0.2) is 9.75 Å². The number of allylic oxidation sites excluding steroid dienone is 2. The highest BCUT2D eigenvalue weighted by Gasteiger charge is 2.77. The first-order valence-electron chi connectivity index (χ1n) is 14.1. The lowest BCUT2D eigenvalue weighted by Crippen LogP contribution is -2.60. The van der Waals surface area contributed by atoms with E-state index in [1.54, 1.807) is 6.08 Å². The number of carbonyl (C=O) groups is 4. The average Bonchev–Trinajstić information content (AvgIpc) is 3.37. The number of non-ortho nitro benzene ring substituents is 1. The summed E-state index contributed by atoms with van der Waals surface area (Å²) in [6, 6.07) is 13.8. The molecule has 46 heavy (non-hydrogen) atoms. The topological polar surface area (TPSA) is 138 Å². The Bertz CT molecular complexity index is 1940. The van der Waals surface area contributed by atoms with Gasteiger partial charge in [-0.15, -0.1) is 23.2 Å². The molecule has 2 heterocycles. The van der Waals surface area contributed by atoms with Gasteiger partial charge in [0.25, 0.3) is 17.5 Å². The fourth-order valence-electron chi connectivity index (χ4n) is 7.50. The van der Waals surface area contributed by atoms with Crippen molar-refractivity contribution in [2.45, 2.75) is 28.5 Å². The molecule has 2 aliphatic carbocycles. The van der Waals surface area contributed by atoms with Crippen LogP contribution in [0.15, 0.2) is 78.4 Å². The van der Waals surface area contributed by atoms with E-state index in [4.69, 9.17) is 34.8 Å². The van der Waals surface area contributed by atoms with E-state index < -0.39 is 67.8 Å². The number of nitro groups is 1. The molecule has 0 bridgehead atoms. The first-order chi connectivity index (χ1) is 21.8. The second-order valence-corrected chi connectivity index (χ2v) is 13.4. The minimum absolute atomic E-state index is 0.0127. The number of anilines is 2. The van der Waals surface area contributed by atoms with Gasteiger partial charge in [-0.05, 0) is 67.3 Å². The van der Waals surface area contributed by atoms with E-state index in [2.05, 4.69) is 0 Å². The van der Waals surface area contributed by atoms with Gasteiger partial charge in [0.2, 0.25) is 11.8 Å². The van der Waals surface area contributed by atoms with Crippen LogP contribution in [-0.2, 0) is 19.2 Å². The number of halogens is 4. The van der Waals surface area contributed by atoms with Crippen LogP contribution in [0.5, 0.6) is 5.75 Å². The summed E-state index contributed by atoms with van der Waals surface area (Å²) in [6.07, 6.45) is 1.38. The summed E-state index contributed by atoms with van der Waals surface area (Å²) >= 11 is 20.9. The van der Waals surface area contributed by atoms with Gasteiger partial charge in [0.05, 0.1) is 28.1 Å². The zero-order valence-corrected chi connectivity index (χ0v) is 25.7. The number of aromatic hydroxyl groups is 1. The number of alkyl halides is 2. The molecule has 3 aromatic carbocycles. The second-order valence-electron chi connectivity index (χ2n) is 11.7. The van der Waals surface area contributed by atoms with Crippen LogP contribution in [0, 0.1) is 33.7 Å². The third-order valence-electron chi connectivity index (χ3n) is 9.50. The molecule has 6 atom stereocenters. The maximum atomic E-state index is 14.4. The molecule has 234 valence electrons. The van der Waals surface area contributed by atoms with Crippen LogP contribution in [0.1, 0.15) is 24.3 Å². The maximum absolute atomic E-state index is 14.4. The van der Waals surface area contributed by atoms with Gasteiger partial charge < -0.3 is 5.11 Å². The SMILES string of the molecule is O=C1C2CC=C3C(CC4(Cl)C(=O)N(c5ccc(F)cc5)C(=O)C4(Cl)C3c3cc(Cl)ccc3O)C2C(=O)N1c1cccc([N+](=O)[O-])c1. The van der Waals surface area contributed by atoms with Gasteiger partial charge in [-0.25, -0.2) is 14.2 Å². The number of fused-ring (bicyclic) bond motifs is 4. The number of phenolic OH excluding ortho intramolecular Hbond substituents is 1. The largest absolute Gasteiger partial charge is 0.508 e. The summed E-state index contributed by atoms with van der Waals surface area (Å²) in [5.74, 6) is -8.17. The minimum atomic E-state index is -2.25. The molecule has 10 nitrogen and oxygen atoms in total. The number of amides is 4. The molecule has 7 rings (SSSR count). The number of carbonyl (C=O) groups excluding carboxylic acids is 4. The molecule has 2 aliphatic heterocycles. The van der Waals surface area contributed by atoms with Gasteiger partial charge in [-0.3, -0.25) is 29.3 Å². The Labute approximate surface area is 275 Å².